The number of carbonyl (C=O) groups excluding carboxylic acids is 2. The fraction of sp³-hybridized carbons (Fsp3) is 0.158. The lowest BCUT2D eigenvalue weighted by Crippen LogP contribution is -2.10. The number of carbonyl (C=O) groups is 2. The van der Waals surface area contributed by atoms with E-state index < -0.39 is 0 Å². The summed E-state index contributed by atoms with van der Waals surface area (Å²) in [5.41, 5.74) is 2.27. The minimum atomic E-state index is -0.226. The van der Waals surface area contributed by atoms with Crippen LogP contribution in [0.25, 0.3) is 6.08 Å². The third-order valence-electron chi connectivity index (χ3n) is 3.30. The Hall–Kier alpha value is -3.08. The van der Waals surface area contributed by atoms with Crippen LogP contribution in [0.15, 0.2) is 54.6 Å². The van der Waals surface area contributed by atoms with Crippen molar-refractivity contribution in [3.8, 4) is 5.75 Å². The molecule has 0 saturated carbocycles. The van der Waals surface area contributed by atoms with Crippen molar-refractivity contribution in [2.24, 2.45) is 0 Å². The molecular formula is C19H20N2O3. The molecule has 2 rings (SSSR count). The van der Waals surface area contributed by atoms with Gasteiger partial charge in [-0.1, -0.05) is 19.1 Å². The maximum absolute atomic E-state index is 11.9. The van der Waals surface area contributed by atoms with Crippen molar-refractivity contribution in [1.29, 1.82) is 0 Å². The number of benzene rings is 2. The quantitative estimate of drug-likeness (QED) is 0.796. The van der Waals surface area contributed by atoms with Gasteiger partial charge in [0.15, 0.2) is 0 Å². The lowest BCUT2D eigenvalue weighted by Gasteiger charge is -2.06. The minimum absolute atomic E-state index is 0.0470. The molecule has 2 aromatic carbocycles. The fourth-order valence-electron chi connectivity index (χ4n) is 1.96. The summed E-state index contributed by atoms with van der Waals surface area (Å²) in [6.07, 6.45) is 3.62. The van der Waals surface area contributed by atoms with Crippen molar-refractivity contribution in [2.75, 3.05) is 17.7 Å². The largest absolute Gasteiger partial charge is 0.497 e. The van der Waals surface area contributed by atoms with E-state index in [9.17, 15) is 9.59 Å². The van der Waals surface area contributed by atoms with Crippen LogP contribution >= 0.6 is 0 Å². The van der Waals surface area contributed by atoms with Crippen molar-refractivity contribution in [1.82, 2.24) is 0 Å². The summed E-state index contributed by atoms with van der Waals surface area (Å²) >= 11 is 0. The molecule has 2 aromatic rings. The highest BCUT2D eigenvalue weighted by Gasteiger charge is 2.01. The van der Waals surface area contributed by atoms with Crippen molar-refractivity contribution >= 4 is 29.3 Å². The van der Waals surface area contributed by atoms with E-state index in [1.54, 1.807) is 44.4 Å². The molecule has 5 nitrogen and oxygen atoms in total. The van der Waals surface area contributed by atoms with Gasteiger partial charge in [0.1, 0.15) is 5.75 Å². The first-order valence-corrected chi connectivity index (χ1v) is 7.63. The summed E-state index contributed by atoms with van der Waals surface area (Å²) in [4.78, 5) is 23.2. The van der Waals surface area contributed by atoms with Crippen molar-refractivity contribution in [3.05, 3.63) is 60.2 Å². The zero-order valence-corrected chi connectivity index (χ0v) is 13.7. The summed E-state index contributed by atoms with van der Waals surface area (Å²) in [7, 11) is 1.61. The number of methoxy groups -OCH3 is 1. The molecule has 0 unspecified atom stereocenters. The van der Waals surface area contributed by atoms with Crippen LogP contribution in [-0.2, 0) is 9.59 Å². The molecular weight excluding hydrogens is 304 g/mol. The van der Waals surface area contributed by atoms with Crippen LogP contribution in [0.4, 0.5) is 11.4 Å². The number of ether oxygens (including phenoxy) is 1. The highest BCUT2D eigenvalue weighted by molar-refractivity contribution is 6.02. The van der Waals surface area contributed by atoms with Gasteiger partial charge in [-0.2, -0.15) is 0 Å². The summed E-state index contributed by atoms with van der Waals surface area (Å²) in [5, 5.41) is 5.52. The number of hydrogen-bond acceptors (Lipinski definition) is 3. The van der Waals surface area contributed by atoms with Gasteiger partial charge in [-0.3, -0.25) is 9.59 Å². The molecule has 2 N–H and O–H groups in total. The van der Waals surface area contributed by atoms with Gasteiger partial charge in [0.25, 0.3) is 0 Å². The molecule has 0 spiro atoms. The normalized spacial score (nSPS) is 10.4. The molecule has 0 bridgehead atoms. The van der Waals surface area contributed by atoms with Gasteiger partial charge in [0.2, 0.25) is 11.8 Å². The van der Waals surface area contributed by atoms with Gasteiger partial charge in [-0.05, 0) is 48.0 Å². The monoisotopic (exact) mass is 324 g/mol. The van der Waals surface area contributed by atoms with E-state index >= 15 is 0 Å². The predicted octanol–water partition coefficient (Wildman–Crippen LogP) is 3.70. The Labute approximate surface area is 141 Å². The first-order valence-electron chi connectivity index (χ1n) is 7.63. The predicted molar refractivity (Wildman–Crippen MR) is 96.0 cm³/mol. The Balaban J connectivity index is 1.91. The van der Waals surface area contributed by atoms with Gasteiger partial charge >= 0.3 is 0 Å². The smallest absolute Gasteiger partial charge is 0.248 e. The van der Waals surface area contributed by atoms with Crippen LogP contribution in [0, 0.1) is 0 Å². The van der Waals surface area contributed by atoms with E-state index in [0.29, 0.717) is 17.8 Å². The number of hydrogen-bond donors (Lipinski definition) is 2. The Morgan fingerprint density at radius 1 is 0.958 bits per heavy atom. The molecule has 124 valence electrons. The van der Waals surface area contributed by atoms with Crippen molar-refractivity contribution in [2.45, 2.75) is 13.3 Å². The zero-order valence-electron chi connectivity index (χ0n) is 13.7. The summed E-state index contributed by atoms with van der Waals surface area (Å²) in [6.45, 7) is 1.79. The Bertz CT molecular complexity index is 719. The number of nitrogens with one attached hydrogen (secondary N) is 2. The van der Waals surface area contributed by atoms with Gasteiger partial charge in [-0.25, -0.2) is 0 Å². The molecule has 0 saturated heterocycles. The third-order valence-corrected chi connectivity index (χ3v) is 3.30. The molecule has 24 heavy (non-hydrogen) atoms. The minimum Gasteiger partial charge on any atom is -0.497 e. The number of amides is 2. The van der Waals surface area contributed by atoms with Crippen LogP contribution in [0.3, 0.4) is 0 Å². The second kappa shape index (κ2) is 8.53. The molecule has 5 heteroatoms. The summed E-state index contributed by atoms with van der Waals surface area (Å²) in [5.74, 6) is 0.497. The standard InChI is InChI=1S/C19H20N2O3/c1-3-18(22)20-15-7-9-16(10-8-15)21-19(23)13-6-14-4-11-17(24-2)12-5-14/h4-13H,3H2,1-2H3,(H,20,22)(H,21,23)/b13-6+. The van der Waals surface area contributed by atoms with Crippen LogP contribution in [0.2, 0.25) is 0 Å². The second-order valence-electron chi connectivity index (χ2n) is 5.07. The van der Waals surface area contributed by atoms with Crippen LogP contribution < -0.4 is 15.4 Å². The highest BCUT2D eigenvalue weighted by atomic mass is 16.5. The van der Waals surface area contributed by atoms with E-state index in [1.807, 2.05) is 24.3 Å². The molecule has 0 aliphatic carbocycles. The molecule has 0 aliphatic rings. The van der Waals surface area contributed by atoms with E-state index in [-0.39, 0.29) is 11.8 Å². The van der Waals surface area contributed by atoms with Crippen LogP contribution in [0.5, 0.6) is 5.75 Å². The van der Waals surface area contributed by atoms with Gasteiger partial charge < -0.3 is 15.4 Å². The van der Waals surface area contributed by atoms with Crippen LogP contribution in [0.1, 0.15) is 18.9 Å². The lowest BCUT2D eigenvalue weighted by molar-refractivity contribution is -0.116. The average Bonchev–Trinajstić information content (AvgIpc) is 2.62. The Morgan fingerprint density at radius 2 is 1.54 bits per heavy atom. The Morgan fingerprint density at radius 3 is 2.08 bits per heavy atom. The van der Waals surface area contributed by atoms with Crippen LogP contribution in [-0.4, -0.2) is 18.9 Å². The molecule has 0 radical (unpaired) electrons. The maximum Gasteiger partial charge on any atom is 0.248 e. The summed E-state index contributed by atoms with van der Waals surface area (Å²) < 4.78 is 5.08. The van der Waals surface area contributed by atoms with E-state index in [0.717, 1.165) is 11.3 Å². The Kier molecular flexibility index (Phi) is 6.14. The SMILES string of the molecule is CCC(=O)Nc1ccc(NC(=O)/C=C/c2ccc(OC)cc2)cc1. The maximum atomic E-state index is 11.9. The van der Waals surface area contributed by atoms with E-state index in [4.69, 9.17) is 4.74 Å². The number of rotatable bonds is 6. The molecule has 0 aromatic heterocycles. The average molecular weight is 324 g/mol. The highest BCUT2D eigenvalue weighted by Crippen LogP contribution is 2.15. The fourth-order valence-corrected chi connectivity index (χ4v) is 1.96. The van der Waals surface area contributed by atoms with E-state index in [2.05, 4.69) is 10.6 Å². The van der Waals surface area contributed by atoms with Crippen molar-refractivity contribution in [3.63, 3.8) is 0 Å². The van der Waals surface area contributed by atoms with Crippen molar-refractivity contribution < 1.29 is 14.3 Å². The molecule has 0 heterocycles. The van der Waals surface area contributed by atoms with Gasteiger partial charge in [-0.15, -0.1) is 0 Å². The van der Waals surface area contributed by atoms with Gasteiger partial charge in [0, 0.05) is 23.9 Å². The topological polar surface area (TPSA) is 67.4 Å². The second-order valence-corrected chi connectivity index (χ2v) is 5.07. The van der Waals surface area contributed by atoms with E-state index in [1.165, 1.54) is 6.08 Å². The molecule has 0 aliphatic heterocycles. The molecule has 0 fully saturated rings. The third kappa shape index (κ3) is 5.28. The molecule has 2 amide bonds. The number of anilines is 2. The lowest BCUT2D eigenvalue weighted by atomic mass is 10.2. The first-order chi connectivity index (χ1) is 11.6. The first kappa shape index (κ1) is 17.3. The molecule has 0 atom stereocenters. The van der Waals surface area contributed by atoms with Gasteiger partial charge in [0.05, 0.1) is 7.11 Å². The zero-order chi connectivity index (χ0) is 17.4. The summed E-state index contributed by atoms with van der Waals surface area (Å²) in [6, 6.07) is 14.4.